The Hall–Kier alpha value is -3.06. The van der Waals surface area contributed by atoms with Gasteiger partial charge in [-0.1, -0.05) is 18.2 Å². The lowest BCUT2D eigenvalue weighted by molar-refractivity contribution is -0.142. The molecule has 2 amide bonds. The number of rotatable bonds is 4. The maximum atomic E-state index is 13.0. The highest BCUT2D eigenvalue weighted by molar-refractivity contribution is 5.95. The Morgan fingerprint density at radius 3 is 2.60 bits per heavy atom. The molecule has 2 heterocycles. The lowest BCUT2D eigenvalue weighted by Crippen LogP contribution is -2.53. The predicted octanol–water partition coefficient (Wildman–Crippen LogP) is 2.37. The van der Waals surface area contributed by atoms with Crippen LogP contribution in [0.4, 0.5) is 11.4 Å². The van der Waals surface area contributed by atoms with Gasteiger partial charge < -0.3 is 24.6 Å². The monoisotopic (exact) mass is 409 g/mol. The Kier molecular flexibility index (Phi) is 5.90. The van der Waals surface area contributed by atoms with Gasteiger partial charge >= 0.3 is 0 Å². The molecule has 158 valence electrons. The largest absolute Gasteiger partial charge is 0.477 e. The minimum Gasteiger partial charge on any atom is -0.477 e. The number of hydrogen-bond acceptors (Lipinski definition) is 5. The van der Waals surface area contributed by atoms with Crippen molar-refractivity contribution in [3.8, 4) is 5.75 Å². The van der Waals surface area contributed by atoms with Gasteiger partial charge in [0.05, 0.1) is 32.0 Å². The molecular formula is C23H27N3O4. The molecule has 1 fully saturated rings. The third kappa shape index (κ3) is 4.41. The number of carbonyl (C=O) groups is 2. The average molecular weight is 409 g/mol. The van der Waals surface area contributed by atoms with E-state index in [-0.39, 0.29) is 18.4 Å². The molecule has 0 aliphatic carbocycles. The number of anilines is 2. The van der Waals surface area contributed by atoms with E-state index in [0.29, 0.717) is 38.6 Å². The molecule has 0 saturated carbocycles. The van der Waals surface area contributed by atoms with E-state index in [4.69, 9.17) is 9.47 Å². The summed E-state index contributed by atoms with van der Waals surface area (Å²) in [6.45, 7) is 6.73. The van der Waals surface area contributed by atoms with Crippen molar-refractivity contribution in [2.75, 3.05) is 49.6 Å². The van der Waals surface area contributed by atoms with Crippen molar-refractivity contribution < 1.29 is 19.1 Å². The number of aryl methyl sites for hydroxylation is 2. The van der Waals surface area contributed by atoms with Crippen LogP contribution in [0.2, 0.25) is 0 Å². The standard InChI is InChI=1S/C23H27N3O4/c1-16-7-8-18(13-17(16)2)24-22(27)15-26-14-21(23(28)25-9-11-29-12-10-25)30-20-6-4-3-5-19(20)26/h3-8,13,21H,9-12,14-15H2,1-2H3,(H,24,27). The Labute approximate surface area is 176 Å². The van der Waals surface area contributed by atoms with Gasteiger partial charge in [0.2, 0.25) is 5.91 Å². The number of nitrogens with one attached hydrogen (secondary N) is 1. The highest BCUT2D eigenvalue weighted by atomic mass is 16.5. The lowest BCUT2D eigenvalue weighted by atomic mass is 10.1. The topological polar surface area (TPSA) is 71.1 Å². The van der Waals surface area contributed by atoms with Crippen LogP contribution < -0.4 is 15.0 Å². The van der Waals surface area contributed by atoms with Gasteiger partial charge in [0.1, 0.15) is 5.75 Å². The summed E-state index contributed by atoms with van der Waals surface area (Å²) in [6.07, 6.45) is -0.646. The second kappa shape index (κ2) is 8.75. The molecule has 0 aromatic heterocycles. The van der Waals surface area contributed by atoms with Crippen molar-refractivity contribution in [2.45, 2.75) is 20.0 Å². The van der Waals surface area contributed by atoms with Crippen LogP contribution in [0, 0.1) is 13.8 Å². The summed E-state index contributed by atoms with van der Waals surface area (Å²) in [5.74, 6) is 0.425. The fraction of sp³-hybridized carbons (Fsp3) is 0.391. The van der Waals surface area contributed by atoms with Gasteiger partial charge in [-0.3, -0.25) is 9.59 Å². The molecule has 2 aliphatic rings. The van der Waals surface area contributed by atoms with Gasteiger partial charge in [0, 0.05) is 18.8 Å². The van der Waals surface area contributed by atoms with Crippen molar-refractivity contribution >= 4 is 23.2 Å². The van der Waals surface area contributed by atoms with Gasteiger partial charge in [-0.05, 0) is 49.2 Å². The molecule has 7 nitrogen and oxygen atoms in total. The van der Waals surface area contributed by atoms with E-state index >= 15 is 0 Å². The van der Waals surface area contributed by atoms with Crippen molar-refractivity contribution in [1.82, 2.24) is 4.90 Å². The Bertz CT molecular complexity index is 940. The summed E-state index contributed by atoms with van der Waals surface area (Å²) in [5, 5.41) is 2.96. The number of amides is 2. The molecule has 4 rings (SSSR count). The molecule has 0 radical (unpaired) electrons. The molecule has 2 aromatic rings. The van der Waals surface area contributed by atoms with Crippen LogP contribution in [0.1, 0.15) is 11.1 Å². The first-order valence-corrected chi connectivity index (χ1v) is 10.3. The molecule has 7 heteroatoms. The second-order valence-corrected chi connectivity index (χ2v) is 7.74. The van der Waals surface area contributed by atoms with E-state index in [1.54, 1.807) is 4.90 Å². The summed E-state index contributed by atoms with van der Waals surface area (Å²) >= 11 is 0. The number of nitrogens with zero attached hydrogens (tertiary/aromatic N) is 2. The molecular weight excluding hydrogens is 382 g/mol. The van der Waals surface area contributed by atoms with Crippen molar-refractivity contribution in [1.29, 1.82) is 0 Å². The van der Waals surface area contributed by atoms with Gasteiger partial charge in [0.25, 0.3) is 5.91 Å². The number of para-hydroxylation sites is 2. The third-order valence-corrected chi connectivity index (χ3v) is 5.58. The number of ether oxygens (including phenoxy) is 2. The van der Waals surface area contributed by atoms with Crippen molar-refractivity contribution in [2.24, 2.45) is 0 Å². The smallest absolute Gasteiger partial charge is 0.265 e. The highest BCUT2D eigenvalue weighted by Crippen LogP contribution is 2.33. The molecule has 2 aliphatic heterocycles. The summed E-state index contributed by atoms with van der Waals surface area (Å²) in [6, 6.07) is 13.4. The number of fused-ring (bicyclic) bond motifs is 1. The third-order valence-electron chi connectivity index (χ3n) is 5.58. The normalized spacial score (nSPS) is 18.4. The summed E-state index contributed by atoms with van der Waals surface area (Å²) in [4.78, 5) is 29.4. The minimum atomic E-state index is -0.646. The number of carbonyl (C=O) groups excluding carboxylic acids is 2. The predicted molar refractivity (Wildman–Crippen MR) is 115 cm³/mol. The first kappa shape index (κ1) is 20.2. The lowest BCUT2D eigenvalue weighted by Gasteiger charge is -2.38. The maximum Gasteiger partial charge on any atom is 0.265 e. The number of benzene rings is 2. The van der Waals surface area contributed by atoms with Gasteiger partial charge in [-0.25, -0.2) is 0 Å². The zero-order chi connectivity index (χ0) is 21.1. The highest BCUT2D eigenvalue weighted by Gasteiger charge is 2.34. The second-order valence-electron chi connectivity index (χ2n) is 7.74. The van der Waals surface area contributed by atoms with E-state index in [9.17, 15) is 9.59 Å². The molecule has 1 N–H and O–H groups in total. The first-order valence-electron chi connectivity index (χ1n) is 10.3. The van der Waals surface area contributed by atoms with Crippen LogP contribution in [0.5, 0.6) is 5.75 Å². The molecule has 30 heavy (non-hydrogen) atoms. The van der Waals surface area contributed by atoms with Gasteiger partial charge in [-0.2, -0.15) is 0 Å². The Morgan fingerprint density at radius 2 is 1.83 bits per heavy atom. The van der Waals surface area contributed by atoms with E-state index in [1.807, 2.05) is 61.2 Å². The quantitative estimate of drug-likeness (QED) is 0.840. The number of hydrogen-bond donors (Lipinski definition) is 1. The summed E-state index contributed by atoms with van der Waals surface area (Å²) < 4.78 is 11.3. The number of morpholine rings is 1. The van der Waals surface area contributed by atoms with Crippen LogP contribution in [-0.4, -0.2) is 62.2 Å². The first-order chi connectivity index (χ1) is 14.5. The molecule has 1 unspecified atom stereocenters. The van der Waals surface area contributed by atoms with E-state index in [0.717, 1.165) is 16.9 Å². The van der Waals surface area contributed by atoms with E-state index < -0.39 is 6.10 Å². The van der Waals surface area contributed by atoms with E-state index in [2.05, 4.69) is 5.32 Å². The fourth-order valence-electron chi connectivity index (χ4n) is 3.77. The zero-order valence-electron chi connectivity index (χ0n) is 17.4. The SMILES string of the molecule is Cc1ccc(NC(=O)CN2CC(C(=O)N3CCOCC3)Oc3ccccc32)cc1C. The Morgan fingerprint density at radius 1 is 1.07 bits per heavy atom. The summed E-state index contributed by atoms with van der Waals surface area (Å²) in [7, 11) is 0. The van der Waals surface area contributed by atoms with Crippen molar-refractivity contribution in [3.05, 3.63) is 53.6 Å². The van der Waals surface area contributed by atoms with Crippen LogP contribution in [0.15, 0.2) is 42.5 Å². The van der Waals surface area contributed by atoms with Crippen molar-refractivity contribution in [3.63, 3.8) is 0 Å². The molecule has 0 bridgehead atoms. The van der Waals surface area contributed by atoms with Gasteiger partial charge in [0.15, 0.2) is 6.10 Å². The summed E-state index contributed by atoms with van der Waals surface area (Å²) in [5.41, 5.74) is 3.89. The molecule has 0 spiro atoms. The zero-order valence-corrected chi connectivity index (χ0v) is 17.4. The minimum absolute atomic E-state index is 0.0626. The molecule has 2 aromatic carbocycles. The molecule has 1 saturated heterocycles. The Balaban J connectivity index is 1.48. The van der Waals surface area contributed by atoms with Crippen LogP contribution in [0.3, 0.4) is 0 Å². The molecule has 1 atom stereocenters. The maximum absolute atomic E-state index is 13.0. The van der Waals surface area contributed by atoms with Gasteiger partial charge in [-0.15, -0.1) is 0 Å². The van der Waals surface area contributed by atoms with Crippen LogP contribution >= 0.6 is 0 Å². The van der Waals surface area contributed by atoms with E-state index in [1.165, 1.54) is 5.56 Å². The average Bonchev–Trinajstić information content (AvgIpc) is 2.76. The fourth-order valence-corrected chi connectivity index (χ4v) is 3.77. The van der Waals surface area contributed by atoms with Crippen LogP contribution in [-0.2, 0) is 14.3 Å². The van der Waals surface area contributed by atoms with Crippen LogP contribution in [0.25, 0.3) is 0 Å².